The predicted molar refractivity (Wildman–Crippen MR) is 135 cm³/mol. The van der Waals surface area contributed by atoms with Crippen LogP contribution in [0.3, 0.4) is 0 Å². The maximum absolute atomic E-state index is 13.6. The van der Waals surface area contributed by atoms with E-state index in [0.717, 1.165) is 45.6 Å². The van der Waals surface area contributed by atoms with Crippen molar-refractivity contribution in [2.24, 2.45) is 0 Å². The molecule has 4 aromatic rings. The minimum Gasteiger partial charge on any atom is -0.358 e. The second-order valence-electron chi connectivity index (χ2n) is 8.96. The Morgan fingerprint density at radius 1 is 0.971 bits per heavy atom. The van der Waals surface area contributed by atoms with E-state index in [1.165, 1.54) is 0 Å². The summed E-state index contributed by atoms with van der Waals surface area (Å²) in [6.07, 6.45) is 4.28. The molecule has 1 aliphatic carbocycles. The van der Waals surface area contributed by atoms with Crippen LogP contribution in [0.1, 0.15) is 43.7 Å². The summed E-state index contributed by atoms with van der Waals surface area (Å²) in [5, 5.41) is 2.08. The third-order valence-electron chi connectivity index (χ3n) is 6.71. The standard InChI is InChI=1S/C28H23N3O3S/c1-17-6-8-19(9-7-17)35(33,34)27-16-22(20-4-2-3-5-21(20)27)26-14-18(10-12-29-26)25-15-23-24(31-25)11-13-30-28(23)32/h2-10,12,14-16,27,31H,11,13H2,1H3,(H,30,32). The molecule has 0 fully saturated rings. The lowest BCUT2D eigenvalue weighted by Crippen LogP contribution is -2.31. The maximum atomic E-state index is 13.6. The molecule has 174 valence electrons. The zero-order chi connectivity index (χ0) is 24.2. The van der Waals surface area contributed by atoms with Crippen molar-refractivity contribution in [2.75, 3.05) is 6.54 Å². The van der Waals surface area contributed by atoms with Crippen LogP contribution in [-0.4, -0.2) is 30.8 Å². The highest BCUT2D eigenvalue weighted by Crippen LogP contribution is 2.44. The van der Waals surface area contributed by atoms with Gasteiger partial charge in [-0.2, -0.15) is 0 Å². The van der Waals surface area contributed by atoms with E-state index in [9.17, 15) is 13.2 Å². The Morgan fingerprint density at radius 3 is 2.57 bits per heavy atom. The summed E-state index contributed by atoms with van der Waals surface area (Å²) < 4.78 is 27.2. The Morgan fingerprint density at radius 2 is 1.77 bits per heavy atom. The number of nitrogens with one attached hydrogen (secondary N) is 2. The number of aryl methyl sites for hydroxylation is 1. The highest BCUT2D eigenvalue weighted by atomic mass is 32.2. The van der Waals surface area contributed by atoms with Gasteiger partial charge in [0.2, 0.25) is 0 Å². The minimum atomic E-state index is -3.64. The van der Waals surface area contributed by atoms with Gasteiger partial charge in [-0.05, 0) is 48.4 Å². The molecule has 1 amide bonds. The Balaban J connectivity index is 1.43. The van der Waals surface area contributed by atoms with Crippen molar-refractivity contribution in [3.8, 4) is 11.3 Å². The number of fused-ring (bicyclic) bond motifs is 2. The molecule has 3 heterocycles. The van der Waals surface area contributed by atoms with Crippen LogP contribution < -0.4 is 5.32 Å². The lowest BCUT2D eigenvalue weighted by Gasteiger charge is -2.12. The maximum Gasteiger partial charge on any atom is 0.253 e. The number of aromatic nitrogens is 2. The van der Waals surface area contributed by atoms with Crippen LogP contribution >= 0.6 is 0 Å². The topological polar surface area (TPSA) is 91.9 Å². The van der Waals surface area contributed by atoms with E-state index in [-0.39, 0.29) is 5.91 Å². The number of amides is 1. The van der Waals surface area contributed by atoms with Gasteiger partial charge in [-0.3, -0.25) is 9.78 Å². The molecule has 2 aromatic heterocycles. The van der Waals surface area contributed by atoms with E-state index >= 15 is 0 Å². The van der Waals surface area contributed by atoms with Crippen LogP contribution in [0.25, 0.3) is 16.8 Å². The molecule has 2 aliphatic rings. The normalized spacial score (nSPS) is 16.9. The van der Waals surface area contributed by atoms with Crippen molar-refractivity contribution in [3.05, 3.63) is 113 Å². The summed E-state index contributed by atoms with van der Waals surface area (Å²) in [6.45, 7) is 2.55. The van der Waals surface area contributed by atoms with Gasteiger partial charge in [0, 0.05) is 41.7 Å². The molecule has 35 heavy (non-hydrogen) atoms. The zero-order valence-electron chi connectivity index (χ0n) is 19.1. The molecule has 2 aromatic carbocycles. The number of sulfone groups is 1. The number of pyridine rings is 1. The fourth-order valence-electron chi connectivity index (χ4n) is 4.87. The van der Waals surface area contributed by atoms with E-state index in [1.807, 2.05) is 61.5 Å². The van der Waals surface area contributed by atoms with E-state index in [4.69, 9.17) is 0 Å². The van der Waals surface area contributed by atoms with Gasteiger partial charge in [0.05, 0.1) is 16.2 Å². The van der Waals surface area contributed by atoms with Crippen molar-refractivity contribution >= 4 is 21.3 Å². The van der Waals surface area contributed by atoms with E-state index < -0.39 is 15.1 Å². The number of rotatable bonds is 4. The molecule has 1 atom stereocenters. The Bertz CT molecular complexity index is 1620. The van der Waals surface area contributed by atoms with Crippen molar-refractivity contribution in [1.29, 1.82) is 0 Å². The van der Waals surface area contributed by atoms with Crippen LogP contribution in [-0.2, 0) is 16.3 Å². The summed E-state index contributed by atoms with van der Waals surface area (Å²) in [5.74, 6) is -0.0698. The quantitative estimate of drug-likeness (QED) is 0.445. The fraction of sp³-hybridized carbons (Fsp3) is 0.143. The summed E-state index contributed by atoms with van der Waals surface area (Å²) in [6, 6.07) is 20.3. The minimum absolute atomic E-state index is 0.0698. The number of benzene rings is 2. The lowest BCUT2D eigenvalue weighted by molar-refractivity contribution is 0.0946. The largest absolute Gasteiger partial charge is 0.358 e. The van der Waals surface area contributed by atoms with Crippen LogP contribution in [0.2, 0.25) is 0 Å². The Labute approximate surface area is 203 Å². The van der Waals surface area contributed by atoms with Crippen LogP contribution in [0.4, 0.5) is 0 Å². The number of carbonyl (C=O) groups excluding carboxylic acids is 1. The molecular weight excluding hydrogens is 458 g/mol. The van der Waals surface area contributed by atoms with Crippen LogP contribution in [0, 0.1) is 6.92 Å². The molecule has 0 saturated heterocycles. The molecule has 1 unspecified atom stereocenters. The molecule has 7 heteroatoms. The van der Waals surface area contributed by atoms with Crippen molar-refractivity contribution < 1.29 is 13.2 Å². The third-order valence-corrected chi connectivity index (χ3v) is 8.70. The number of hydrogen-bond donors (Lipinski definition) is 2. The van der Waals surface area contributed by atoms with Crippen molar-refractivity contribution in [1.82, 2.24) is 15.3 Å². The molecule has 6 rings (SSSR count). The number of carbonyl (C=O) groups is 1. The summed E-state index contributed by atoms with van der Waals surface area (Å²) >= 11 is 0. The molecule has 0 spiro atoms. The molecule has 2 N–H and O–H groups in total. The fourth-order valence-corrected chi connectivity index (χ4v) is 6.53. The second-order valence-corrected chi connectivity index (χ2v) is 11.0. The molecule has 1 aliphatic heterocycles. The van der Waals surface area contributed by atoms with Gasteiger partial charge < -0.3 is 10.3 Å². The third kappa shape index (κ3) is 3.59. The second kappa shape index (κ2) is 8.06. The Kier molecular flexibility index (Phi) is 4.96. The monoisotopic (exact) mass is 481 g/mol. The lowest BCUT2D eigenvalue weighted by atomic mass is 10.0. The molecule has 6 nitrogen and oxygen atoms in total. The molecular formula is C28H23N3O3S. The van der Waals surface area contributed by atoms with Gasteiger partial charge in [0.15, 0.2) is 9.84 Å². The SMILES string of the molecule is Cc1ccc(S(=O)(=O)C2C=C(c3cc(-c4cc5c([nH]4)CCNC5=O)ccn3)c3ccccc32)cc1. The first-order valence-corrected chi connectivity index (χ1v) is 13.0. The first-order valence-electron chi connectivity index (χ1n) is 11.5. The summed E-state index contributed by atoms with van der Waals surface area (Å²) in [5.41, 5.74) is 7.43. The molecule has 0 bridgehead atoms. The zero-order valence-corrected chi connectivity index (χ0v) is 19.9. The highest BCUT2D eigenvalue weighted by Gasteiger charge is 2.35. The highest BCUT2D eigenvalue weighted by molar-refractivity contribution is 7.91. The van der Waals surface area contributed by atoms with E-state index in [0.29, 0.717) is 22.7 Å². The van der Waals surface area contributed by atoms with Gasteiger partial charge in [0.1, 0.15) is 5.25 Å². The first-order chi connectivity index (χ1) is 16.9. The van der Waals surface area contributed by atoms with Gasteiger partial charge in [-0.25, -0.2) is 8.42 Å². The van der Waals surface area contributed by atoms with Crippen LogP contribution in [0.15, 0.2) is 83.9 Å². The average Bonchev–Trinajstić information content (AvgIpc) is 3.48. The number of nitrogens with zero attached hydrogens (tertiary/aromatic N) is 1. The molecule has 0 saturated carbocycles. The summed E-state index contributed by atoms with van der Waals surface area (Å²) in [4.78, 5) is 20.5. The van der Waals surface area contributed by atoms with E-state index in [1.54, 1.807) is 24.4 Å². The number of aromatic amines is 1. The molecule has 0 radical (unpaired) electrons. The van der Waals surface area contributed by atoms with Gasteiger partial charge >= 0.3 is 0 Å². The van der Waals surface area contributed by atoms with Crippen molar-refractivity contribution in [3.63, 3.8) is 0 Å². The van der Waals surface area contributed by atoms with Gasteiger partial charge in [-0.1, -0.05) is 48.0 Å². The number of H-pyrrole nitrogens is 1. The summed E-state index contributed by atoms with van der Waals surface area (Å²) in [7, 11) is -3.64. The van der Waals surface area contributed by atoms with Gasteiger partial charge in [-0.15, -0.1) is 0 Å². The van der Waals surface area contributed by atoms with Gasteiger partial charge in [0.25, 0.3) is 5.91 Å². The number of hydrogen-bond acceptors (Lipinski definition) is 4. The Hall–Kier alpha value is -3.97. The first kappa shape index (κ1) is 21.6. The van der Waals surface area contributed by atoms with Crippen molar-refractivity contribution in [2.45, 2.75) is 23.5 Å². The van der Waals surface area contributed by atoms with E-state index in [2.05, 4.69) is 15.3 Å². The average molecular weight is 482 g/mol. The van der Waals surface area contributed by atoms with Crippen LogP contribution in [0.5, 0.6) is 0 Å². The smallest absolute Gasteiger partial charge is 0.253 e. The predicted octanol–water partition coefficient (Wildman–Crippen LogP) is 4.63.